The Hall–Kier alpha value is -1.76. The van der Waals surface area contributed by atoms with Crippen LogP contribution in [0.15, 0.2) is 35.7 Å². The van der Waals surface area contributed by atoms with Crippen LogP contribution in [0.1, 0.15) is 22.9 Å². The number of aryl methyl sites for hydroxylation is 1. The smallest absolute Gasteiger partial charge is 0.124 e. The summed E-state index contributed by atoms with van der Waals surface area (Å²) in [6.45, 7) is 3.07. The summed E-state index contributed by atoms with van der Waals surface area (Å²) in [6, 6.07) is 10.2. The lowest BCUT2D eigenvalue weighted by atomic mass is 10.1. The van der Waals surface area contributed by atoms with E-state index in [9.17, 15) is 0 Å². The zero-order valence-corrected chi connectivity index (χ0v) is 11.8. The van der Waals surface area contributed by atoms with Gasteiger partial charge in [-0.1, -0.05) is 37.0 Å². The van der Waals surface area contributed by atoms with Crippen molar-refractivity contribution in [2.75, 3.05) is 6.54 Å². The second-order valence-electron chi connectivity index (χ2n) is 4.01. The van der Waals surface area contributed by atoms with Gasteiger partial charge in [-0.15, -0.1) is 11.3 Å². The van der Waals surface area contributed by atoms with Crippen LogP contribution in [0.3, 0.4) is 0 Å². The minimum Gasteiger partial charge on any atom is -0.488 e. The number of nitrogens with two attached hydrogens (primary N) is 1. The summed E-state index contributed by atoms with van der Waals surface area (Å²) in [4.78, 5) is 1.15. The minimum atomic E-state index is 0.384. The molecule has 0 radical (unpaired) electrons. The molecule has 3 heteroatoms. The maximum atomic E-state index is 5.90. The van der Waals surface area contributed by atoms with E-state index in [0.717, 1.165) is 22.6 Å². The number of thiophene rings is 1. The van der Waals surface area contributed by atoms with Crippen molar-refractivity contribution in [1.29, 1.82) is 0 Å². The standard InChI is InChI=1S/C16H17NOS/c1-2-13-6-3-4-8-15(13)18-12-16-14(7-5-10-17)9-11-19-16/h3-4,6,8-9,11H,2,10,12,17H2,1H3. The van der Waals surface area contributed by atoms with Gasteiger partial charge >= 0.3 is 0 Å². The van der Waals surface area contributed by atoms with E-state index in [1.165, 1.54) is 5.56 Å². The second kappa shape index (κ2) is 6.98. The summed E-state index contributed by atoms with van der Waals surface area (Å²) in [5.74, 6) is 6.91. The Labute approximate surface area is 118 Å². The summed E-state index contributed by atoms with van der Waals surface area (Å²) in [6.07, 6.45) is 0.973. The molecular formula is C16H17NOS. The van der Waals surface area contributed by atoms with Gasteiger partial charge in [0.15, 0.2) is 0 Å². The van der Waals surface area contributed by atoms with Crippen molar-refractivity contribution in [3.05, 3.63) is 51.7 Å². The molecule has 0 saturated heterocycles. The fraction of sp³-hybridized carbons (Fsp3) is 0.250. The number of rotatable bonds is 4. The highest BCUT2D eigenvalue weighted by atomic mass is 32.1. The molecule has 0 amide bonds. The lowest BCUT2D eigenvalue weighted by Gasteiger charge is -2.09. The maximum Gasteiger partial charge on any atom is 0.124 e. The molecule has 2 nitrogen and oxygen atoms in total. The molecule has 2 aromatic rings. The third kappa shape index (κ3) is 3.60. The van der Waals surface area contributed by atoms with Crippen molar-refractivity contribution in [3.63, 3.8) is 0 Å². The number of ether oxygens (including phenoxy) is 1. The number of benzene rings is 1. The molecule has 0 spiro atoms. The van der Waals surface area contributed by atoms with Crippen LogP contribution in [0, 0.1) is 11.8 Å². The van der Waals surface area contributed by atoms with E-state index in [2.05, 4.69) is 24.8 Å². The normalized spacial score (nSPS) is 9.79. The molecule has 2 N–H and O–H groups in total. The topological polar surface area (TPSA) is 35.2 Å². The van der Waals surface area contributed by atoms with Crippen LogP contribution in [0.4, 0.5) is 0 Å². The number of hydrogen-bond donors (Lipinski definition) is 1. The SMILES string of the molecule is CCc1ccccc1OCc1sccc1C#CCN. The van der Waals surface area contributed by atoms with E-state index in [-0.39, 0.29) is 0 Å². The Bertz CT molecular complexity index is 592. The molecule has 1 aromatic carbocycles. The predicted molar refractivity (Wildman–Crippen MR) is 80.4 cm³/mol. The summed E-state index contributed by atoms with van der Waals surface area (Å²) in [5.41, 5.74) is 7.64. The first-order valence-corrected chi connectivity index (χ1v) is 7.19. The molecule has 19 heavy (non-hydrogen) atoms. The van der Waals surface area contributed by atoms with Crippen molar-refractivity contribution in [2.24, 2.45) is 5.73 Å². The predicted octanol–water partition coefficient (Wildman–Crippen LogP) is 3.20. The van der Waals surface area contributed by atoms with E-state index < -0.39 is 0 Å². The van der Waals surface area contributed by atoms with Crippen molar-refractivity contribution < 1.29 is 4.74 Å². The maximum absolute atomic E-state index is 5.90. The first-order chi connectivity index (χ1) is 9.35. The van der Waals surface area contributed by atoms with Crippen molar-refractivity contribution in [2.45, 2.75) is 20.0 Å². The Kier molecular flexibility index (Phi) is 5.02. The molecule has 0 aliphatic heterocycles. The monoisotopic (exact) mass is 271 g/mol. The van der Waals surface area contributed by atoms with Crippen LogP contribution in [0.25, 0.3) is 0 Å². The quantitative estimate of drug-likeness (QED) is 0.867. The van der Waals surface area contributed by atoms with Crippen molar-refractivity contribution >= 4 is 11.3 Å². The average Bonchev–Trinajstić information content (AvgIpc) is 2.90. The van der Waals surface area contributed by atoms with Crippen LogP contribution in [0.5, 0.6) is 5.75 Å². The first-order valence-electron chi connectivity index (χ1n) is 6.31. The molecule has 1 heterocycles. The Morgan fingerprint density at radius 1 is 1.26 bits per heavy atom. The lowest BCUT2D eigenvalue weighted by Crippen LogP contribution is -1.98. The fourth-order valence-electron chi connectivity index (χ4n) is 1.79. The zero-order valence-electron chi connectivity index (χ0n) is 11.0. The van der Waals surface area contributed by atoms with Crippen LogP contribution >= 0.6 is 11.3 Å². The molecule has 0 fully saturated rings. The van der Waals surface area contributed by atoms with Crippen LogP contribution < -0.4 is 10.5 Å². The molecular weight excluding hydrogens is 254 g/mol. The minimum absolute atomic E-state index is 0.384. The molecule has 0 saturated carbocycles. The highest BCUT2D eigenvalue weighted by molar-refractivity contribution is 7.10. The second-order valence-corrected chi connectivity index (χ2v) is 5.01. The summed E-state index contributed by atoms with van der Waals surface area (Å²) in [5, 5.41) is 2.03. The first kappa shape index (κ1) is 13.7. The van der Waals surface area contributed by atoms with Crippen molar-refractivity contribution in [3.8, 4) is 17.6 Å². The third-order valence-corrected chi connectivity index (χ3v) is 3.68. The largest absolute Gasteiger partial charge is 0.488 e. The lowest BCUT2D eigenvalue weighted by molar-refractivity contribution is 0.306. The fourth-order valence-corrected chi connectivity index (χ4v) is 2.53. The van der Waals surface area contributed by atoms with Gasteiger partial charge < -0.3 is 10.5 Å². The Morgan fingerprint density at radius 3 is 2.89 bits per heavy atom. The van der Waals surface area contributed by atoms with Gasteiger partial charge in [-0.05, 0) is 29.5 Å². The van der Waals surface area contributed by atoms with E-state index in [1.807, 2.05) is 29.6 Å². The summed E-state index contributed by atoms with van der Waals surface area (Å²) < 4.78 is 5.90. The van der Waals surface area contributed by atoms with E-state index in [1.54, 1.807) is 11.3 Å². The molecule has 0 atom stereocenters. The Morgan fingerprint density at radius 2 is 2.11 bits per heavy atom. The van der Waals surface area contributed by atoms with Gasteiger partial charge in [0.1, 0.15) is 12.4 Å². The van der Waals surface area contributed by atoms with Crippen LogP contribution in [0.2, 0.25) is 0 Å². The van der Waals surface area contributed by atoms with Gasteiger partial charge in [-0.25, -0.2) is 0 Å². The van der Waals surface area contributed by atoms with Gasteiger partial charge in [-0.3, -0.25) is 0 Å². The summed E-state index contributed by atoms with van der Waals surface area (Å²) >= 11 is 1.66. The average molecular weight is 271 g/mol. The molecule has 0 bridgehead atoms. The van der Waals surface area contributed by atoms with Crippen LogP contribution in [-0.4, -0.2) is 6.54 Å². The molecule has 0 aliphatic rings. The highest BCUT2D eigenvalue weighted by Gasteiger charge is 2.05. The molecule has 2 rings (SSSR count). The van der Waals surface area contributed by atoms with E-state index in [4.69, 9.17) is 10.5 Å². The van der Waals surface area contributed by atoms with Crippen LogP contribution in [-0.2, 0) is 13.0 Å². The molecule has 1 aromatic heterocycles. The highest BCUT2D eigenvalue weighted by Crippen LogP contribution is 2.22. The zero-order chi connectivity index (χ0) is 13.5. The van der Waals surface area contributed by atoms with Gasteiger partial charge in [0.2, 0.25) is 0 Å². The third-order valence-electron chi connectivity index (χ3n) is 2.78. The number of hydrogen-bond acceptors (Lipinski definition) is 3. The molecule has 0 unspecified atom stereocenters. The molecule has 98 valence electrons. The van der Waals surface area contributed by atoms with Gasteiger partial charge in [0.05, 0.1) is 11.4 Å². The van der Waals surface area contributed by atoms with Crippen molar-refractivity contribution in [1.82, 2.24) is 0 Å². The Balaban J connectivity index is 2.08. The number of para-hydroxylation sites is 1. The van der Waals surface area contributed by atoms with Gasteiger partial charge in [0, 0.05) is 5.56 Å². The summed E-state index contributed by atoms with van der Waals surface area (Å²) in [7, 11) is 0. The molecule has 0 aliphatic carbocycles. The van der Waals surface area contributed by atoms with E-state index in [0.29, 0.717) is 13.2 Å². The van der Waals surface area contributed by atoms with Gasteiger partial charge in [0.25, 0.3) is 0 Å². The van der Waals surface area contributed by atoms with Gasteiger partial charge in [-0.2, -0.15) is 0 Å². The van der Waals surface area contributed by atoms with E-state index >= 15 is 0 Å².